The lowest BCUT2D eigenvalue weighted by Gasteiger charge is -2.14. The van der Waals surface area contributed by atoms with Crippen LogP contribution in [0.2, 0.25) is 0 Å². The van der Waals surface area contributed by atoms with E-state index in [2.05, 4.69) is 0 Å². The van der Waals surface area contributed by atoms with Crippen molar-refractivity contribution in [2.45, 2.75) is 91.4 Å². The highest BCUT2D eigenvalue weighted by Crippen LogP contribution is 2.51. The summed E-state index contributed by atoms with van der Waals surface area (Å²) in [4.78, 5) is 21.6. The molecule has 0 aromatic rings. The molecule has 0 radical (unpaired) electrons. The molecular weight excluding hydrogens is 340 g/mol. The molecule has 0 aromatic carbocycles. The number of esters is 1. The van der Waals surface area contributed by atoms with Crippen molar-refractivity contribution in [1.82, 2.24) is 0 Å². The zero-order valence-corrected chi connectivity index (χ0v) is 16.3. The van der Waals surface area contributed by atoms with Gasteiger partial charge in [0.25, 0.3) is 0 Å². The molecule has 0 unspecified atom stereocenters. The first kappa shape index (κ1) is 22.2. The quantitative estimate of drug-likeness (QED) is 0.468. The van der Waals surface area contributed by atoms with E-state index < -0.39 is 5.97 Å². The van der Waals surface area contributed by atoms with Crippen LogP contribution < -0.4 is 0 Å². The van der Waals surface area contributed by atoms with E-state index in [1.54, 1.807) is 0 Å². The summed E-state index contributed by atoms with van der Waals surface area (Å²) >= 11 is 0. The number of carboxylic acids is 1. The molecule has 4 aliphatic rings. The number of hydrogen-bond donors (Lipinski definition) is 1. The third kappa shape index (κ3) is 8.23. The lowest BCUT2D eigenvalue weighted by Crippen LogP contribution is -2.11. The maximum atomic E-state index is 11.2. The van der Waals surface area contributed by atoms with Crippen LogP contribution in [-0.2, 0) is 14.3 Å². The SMILES string of the molecule is C.CCOC(=O)CCC(C1CC1)C1CC1.O=C(O)CCC(C1CC1)C1CC1. The molecule has 4 heteroatoms. The molecule has 4 nitrogen and oxygen atoms in total. The van der Waals surface area contributed by atoms with Crippen molar-refractivity contribution in [3.63, 3.8) is 0 Å². The third-order valence-electron chi connectivity index (χ3n) is 6.59. The Bertz CT molecular complexity index is 449. The van der Waals surface area contributed by atoms with Crippen LogP contribution in [0.4, 0.5) is 0 Å². The van der Waals surface area contributed by atoms with Gasteiger partial charge in [0.1, 0.15) is 0 Å². The highest BCUT2D eigenvalue weighted by atomic mass is 16.5. The lowest BCUT2D eigenvalue weighted by atomic mass is 9.93. The molecule has 4 aliphatic carbocycles. The van der Waals surface area contributed by atoms with Gasteiger partial charge in [-0.05, 0) is 107 Å². The summed E-state index contributed by atoms with van der Waals surface area (Å²) in [7, 11) is 0. The van der Waals surface area contributed by atoms with Gasteiger partial charge < -0.3 is 9.84 Å². The maximum Gasteiger partial charge on any atom is 0.305 e. The summed E-state index contributed by atoms with van der Waals surface area (Å²) in [5.74, 6) is 4.70. The van der Waals surface area contributed by atoms with Gasteiger partial charge in [0.05, 0.1) is 6.61 Å². The number of carboxylic acid groups (broad SMARTS) is 1. The molecule has 0 spiro atoms. The summed E-state index contributed by atoms with van der Waals surface area (Å²) in [6.45, 7) is 2.40. The Balaban J connectivity index is 0.000000189. The summed E-state index contributed by atoms with van der Waals surface area (Å²) in [5.41, 5.74) is 0. The molecular formula is C23H40O4. The van der Waals surface area contributed by atoms with E-state index in [1.165, 1.54) is 51.4 Å². The number of rotatable bonds is 11. The molecule has 4 fully saturated rings. The van der Waals surface area contributed by atoms with E-state index in [9.17, 15) is 9.59 Å². The normalized spacial score (nSPS) is 21.3. The molecule has 27 heavy (non-hydrogen) atoms. The average molecular weight is 381 g/mol. The van der Waals surface area contributed by atoms with Crippen molar-refractivity contribution in [3.8, 4) is 0 Å². The van der Waals surface area contributed by atoms with E-state index in [-0.39, 0.29) is 13.4 Å². The third-order valence-corrected chi connectivity index (χ3v) is 6.59. The van der Waals surface area contributed by atoms with Crippen LogP contribution in [0.15, 0.2) is 0 Å². The first-order chi connectivity index (χ1) is 12.6. The van der Waals surface area contributed by atoms with Gasteiger partial charge in [-0.2, -0.15) is 0 Å². The van der Waals surface area contributed by atoms with Gasteiger partial charge >= 0.3 is 11.9 Å². The van der Waals surface area contributed by atoms with Crippen LogP contribution in [0.5, 0.6) is 0 Å². The molecule has 0 atom stereocenters. The maximum absolute atomic E-state index is 11.2. The molecule has 0 aromatic heterocycles. The first-order valence-electron chi connectivity index (χ1n) is 11.0. The second-order valence-corrected chi connectivity index (χ2v) is 8.95. The minimum atomic E-state index is -0.624. The Morgan fingerprint density at radius 1 is 0.815 bits per heavy atom. The Kier molecular flexibility index (Phi) is 8.62. The van der Waals surface area contributed by atoms with Crippen molar-refractivity contribution in [2.24, 2.45) is 35.5 Å². The van der Waals surface area contributed by atoms with Crippen LogP contribution in [0.25, 0.3) is 0 Å². The van der Waals surface area contributed by atoms with E-state index >= 15 is 0 Å². The van der Waals surface area contributed by atoms with Crippen molar-refractivity contribution < 1.29 is 19.4 Å². The van der Waals surface area contributed by atoms with E-state index in [4.69, 9.17) is 9.84 Å². The van der Waals surface area contributed by atoms with E-state index in [0.717, 1.165) is 48.3 Å². The summed E-state index contributed by atoms with van der Waals surface area (Å²) in [6.07, 6.45) is 14.1. The minimum Gasteiger partial charge on any atom is -0.481 e. The van der Waals surface area contributed by atoms with Gasteiger partial charge in [0.2, 0.25) is 0 Å². The average Bonchev–Trinajstić information content (AvgIpc) is 3.46. The Labute approximate surface area is 165 Å². The van der Waals surface area contributed by atoms with Crippen LogP contribution in [-0.4, -0.2) is 23.7 Å². The number of carbonyl (C=O) groups excluding carboxylic acids is 1. The fraction of sp³-hybridized carbons (Fsp3) is 0.913. The molecule has 4 saturated carbocycles. The molecule has 0 bridgehead atoms. The Morgan fingerprint density at radius 2 is 1.19 bits per heavy atom. The molecule has 0 aliphatic heterocycles. The van der Waals surface area contributed by atoms with Gasteiger partial charge in [-0.3, -0.25) is 9.59 Å². The second-order valence-electron chi connectivity index (χ2n) is 8.95. The van der Waals surface area contributed by atoms with Crippen LogP contribution in [0, 0.1) is 35.5 Å². The molecule has 0 amide bonds. The summed E-state index contributed by atoms with van der Waals surface area (Å²) in [6, 6.07) is 0. The van der Waals surface area contributed by atoms with E-state index in [1.807, 2.05) is 6.92 Å². The minimum absolute atomic E-state index is 0. The van der Waals surface area contributed by atoms with Crippen LogP contribution >= 0.6 is 0 Å². The smallest absolute Gasteiger partial charge is 0.305 e. The zero-order chi connectivity index (χ0) is 18.5. The van der Waals surface area contributed by atoms with Gasteiger partial charge in [0, 0.05) is 12.8 Å². The number of carbonyl (C=O) groups is 2. The van der Waals surface area contributed by atoms with Crippen LogP contribution in [0.3, 0.4) is 0 Å². The molecule has 4 rings (SSSR count). The number of ether oxygens (including phenoxy) is 1. The predicted molar refractivity (Wildman–Crippen MR) is 107 cm³/mol. The summed E-state index contributed by atoms with van der Waals surface area (Å²) in [5, 5.41) is 8.57. The number of hydrogen-bond acceptors (Lipinski definition) is 3. The fourth-order valence-electron chi connectivity index (χ4n) is 4.62. The topological polar surface area (TPSA) is 63.6 Å². The van der Waals surface area contributed by atoms with Gasteiger partial charge in [-0.15, -0.1) is 0 Å². The zero-order valence-electron chi connectivity index (χ0n) is 16.3. The Morgan fingerprint density at radius 3 is 1.48 bits per heavy atom. The van der Waals surface area contributed by atoms with Crippen molar-refractivity contribution >= 4 is 11.9 Å². The van der Waals surface area contributed by atoms with Gasteiger partial charge in [-0.1, -0.05) is 7.43 Å². The largest absolute Gasteiger partial charge is 0.481 e. The van der Waals surface area contributed by atoms with Gasteiger partial charge in [0.15, 0.2) is 0 Å². The highest BCUT2D eigenvalue weighted by molar-refractivity contribution is 5.69. The molecule has 0 saturated heterocycles. The van der Waals surface area contributed by atoms with Crippen LogP contribution in [0.1, 0.15) is 91.4 Å². The first-order valence-corrected chi connectivity index (χ1v) is 11.0. The van der Waals surface area contributed by atoms with Crippen molar-refractivity contribution in [3.05, 3.63) is 0 Å². The Hall–Kier alpha value is -1.06. The summed E-state index contributed by atoms with van der Waals surface area (Å²) < 4.78 is 4.95. The molecule has 1 N–H and O–H groups in total. The highest BCUT2D eigenvalue weighted by Gasteiger charge is 2.41. The van der Waals surface area contributed by atoms with Crippen molar-refractivity contribution in [1.29, 1.82) is 0 Å². The standard InChI is InChI=1S/C12H20O2.C10H16O2.CH4/c1-2-14-12(13)8-7-11(9-3-4-9)10-5-6-10;11-10(12)6-5-9(7-1-2-7)8-3-4-8;/h9-11H,2-8H2,1H3;7-9H,1-6H2,(H,11,12);1H4. The monoisotopic (exact) mass is 380 g/mol. The van der Waals surface area contributed by atoms with E-state index in [0.29, 0.717) is 19.4 Å². The number of aliphatic carboxylic acids is 1. The van der Waals surface area contributed by atoms with Gasteiger partial charge in [-0.25, -0.2) is 0 Å². The lowest BCUT2D eigenvalue weighted by molar-refractivity contribution is -0.143. The molecule has 0 heterocycles. The predicted octanol–water partition coefficient (Wildman–Crippen LogP) is 5.69. The molecule has 156 valence electrons. The second kappa shape index (κ2) is 10.5. The van der Waals surface area contributed by atoms with Crippen molar-refractivity contribution in [2.75, 3.05) is 6.61 Å². The fourth-order valence-corrected chi connectivity index (χ4v) is 4.62.